The number of nitrogens with one attached hydrogen (secondary N) is 1. The molecular formula is C24H28F3N5O. The molecule has 1 saturated heterocycles. The lowest BCUT2D eigenvalue weighted by Crippen LogP contribution is -2.30. The van der Waals surface area contributed by atoms with Crippen molar-refractivity contribution in [2.24, 2.45) is 0 Å². The lowest BCUT2D eigenvalue weighted by Gasteiger charge is -2.20. The number of rotatable bonds is 6. The average Bonchev–Trinajstić information content (AvgIpc) is 3.16. The fourth-order valence-corrected chi connectivity index (χ4v) is 4.18. The molecule has 0 radical (unpaired) electrons. The van der Waals surface area contributed by atoms with Crippen LogP contribution >= 0.6 is 0 Å². The first-order chi connectivity index (χ1) is 15.6. The predicted octanol–water partition coefficient (Wildman–Crippen LogP) is 5.19. The Hall–Kier alpha value is -3.07. The van der Waals surface area contributed by atoms with Crippen molar-refractivity contribution in [2.45, 2.75) is 44.9 Å². The Morgan fingerprint density at radius 1 is 1.21 bits per heavy atom. The first kappa shape index (κ1) is 23.1. The van der Waals surface area contributed by atoms with Gasteiger partial charge in [-0.05, 0) is 82.2 Å². The Morgan fingerprint density at radius 3 is 2.70 bits per heavy atom. The largest absolute Gasteiger partial charge is 0.492 e. The second-order valence-electron chi connectivity index (χ2n) is 8.64. The summed E-state index contributed by atoms with van der Waals surface area (Å²) in [4.78, 5) is 11.3. The highest BCUT2D eigenvalue weighted by molar-refractivity contribution is 5.90. The Balaban J connectivity index is 1.60. The monoisotopic (exact) mass is 459 g/mol. The van der Waals surface area contributed by atoms with Gasteiger partial charge in [-0.15, -0.1) is 0 Å². The molecule has 0 bridgehead atoms. The minimum absolute atomic E-state index is 0.0600. The molecule has 0 aliphatic carbocycles. The first-order valence-electron chi connectivity index (χ1n) is 11.0. The van der Waals surface area contributed by atoms with Crippen LogP contribution in [0.4, 0.5) is 24.7 Å². The maximum atomic E-state index is 13.2. The van der Waals surface area contributed by atoms with E-state index in [1.165, 1.54) is 12.5 Å². The van der Waals surface area contributed by atoms with E-state index in [1.54, 1.807) is 13.8 Å². The van der Waals surface area contributed by atoms with Gasteiger partial charge in [-0.1, -0.05) is 0 Å². The smallest absolute Gasteiger partial charge is 0.416 e. The van der Waals surface area contributed by atoms with Crippen molar-refractivity contribution in [2.75, 3.05) is 31.2 Å². The van der Waals surface area contributed by atoms with Crippen molar-refractivity contribution in [3.05, 3.63) is 53.3 Å². The quantitative estimate of drug-likeness (QED) is 0.495. The molecule has 1 aliphatic heterocycles. The van der Waals surface area contributed by atoms with Crippen molar-refractivity contribution in [1.82, 2.24) is 14.9 Å². The average molecular weight is 460 g/mol. The number of alkyl halides is 3. The fraction of sp³-hybridized carbons (Fsp3) is 0.417. The predicted molar refractivity (Wildman–Crippen MR) is 123 cm³/mol. The molecule has 176 valence electrons. The fourth-order valence-electron chi connectivity index (χ4n) is 4.18. The Labute approximate surface area is 191 Å². The molecule has 9 heteroatoms. The molecule has 1 aliphatic rings. The number of benzene rings is 2. The van der Waals surface area contributed by atoms with Crippen LogP contribution in [0.15, 0.2) is 36.4 Å². The van der Waals surface area contributed by atoms with Crippen LogP contribution in [-0.2, 0) is 6.18 Å². The number of ether oxygens (including phenoxy) is 1. The Morgan fingerprint density at radius 2 is 2.00 bits per heavy atom. The summed E-state index contributed by atoms with van der Waals surface area (Å²) in [6.07, 6.45) is -2.19. The molecule has 1 fully saturated rings. The number of likely N-dealkylation sites (N-methyl/N-ethyl adjacent to an activating group) is 1. The van der Waals surface area contributed by atoms with Gasteiger partial charge in [-0.25, -0.2) is 9.97 Å². The molecule has 33 heavy (non-hydrogen) atoms. The third kappa shape index (κ3) is 5.30. The van der Waals surface area contributed by atoms with Gasteiger partial charge >= 0.3 is 6.18 Å². The number of nitrogen functional groups attached to an aromatic ring is 1. The van der Waals surface area contributed by atoms with E-state index in [-0.39, 0.29) is 5.69 Å². The third-order valence-electron chi connectivity index (χ3n) is 6.05. The zero-order valence-corrected chi connectivity index (χ0v) is 18.9. The summed E-state index contributed by atoms with van der Waals surface area (Å²) < 4.78 is 45.8. The van der Waals surface area contributed by atoms with Crippen molar-refractivity contribution in [3.8, 4) is 5.75 Å². The van der Waals surface area contributed by atoms with Gasteiger partial charge in [0, 0.05) is 17.1 Å². The van der Waals surface area contributed by atoms with Gasteiger partial charge in [0.1, 0.15) is 24.0 Å². The summed E-state index contributed by atoms with van der Waals surface area (Å²) in [6.45, 7) is 5.22. The van der Waals surface area contributed by atoms with E-state index in [2.05, 4.69) is 27.2 Å². The molecule has 2 heterocycles. The highest BCUT2D eigenvalue weighted by Crippen LogP contribution is 2.34. The molecule has 3 N–H and O–H groups in total. The highest BCUT2D eigenvalue weighted by Gasteiger charge is 2.31. The van der Waals surface area contributed by atoms with Gasteiger partial charge < -0.3 is 20.7 Å². The normalized spacial score (nSPS) is 17.9. The van der Waals surface area contributed by atoms with Crippen LogP contribution in [0.25, 0.3) is 10.9 Å². The van der Waals surface area contributed by atoms with E-state index in [4.69, 9.17) is 10.5 Å². The molecule has 1 aromatic heterocycles. The van der Waals surface area contributed by atoms with Gasteiger partial charge in [0.2, 0.25) is 0 Å². The second kappa shape index (κ2) is 9.05. The maximum absolute atomic E-state index is 13.2. The minimum atomic E-state index is -4.47. The van der Waals surface area contributed by atoms with Crippen molar-refractivity contribution < 1.29 is 17.9 Å². The number of hydrogen-bond acceptors (Lipinski definition) is 6. The summed E-state index contributed by atoms with van der Waals surface area (Å²) in [7, 11) is 2.10. The van der Waals surface area contributed by atoms with E-state index >= 15 is 0 Å². The zero-order valence-electron chi connectivity index (χ0n) is 18.9. The number of nitrogens with two attached hydrogens (primary N) is 1. The number of anilines is 2. The van der Waals surface area contributed by atoms with Gasteiger partial charge in [-0.2, -0.15) is 13.2 Å². The summed E-state index contributed by atoms with van der Waals surface area (Å²) in [5, 5.41) is 3.98. The molecule has 0 saturated carbocycles. The summed E-state index contributed by atoms with van der Waals surface area (Å²) >= 11 is 0. The number of fused-ring (bicyclic) bond motifs is 1. The SMILES string of the molecule is Cc1nc(N[C@H](C)c2cc(N)cc(C(F)(F)F)c2)c2cc(OC[C@@H]3CCCN3C)ccc2n1. The van der Waals surface area contributed by atoms with Crippen LogP contribution in [0, 0.1) is 6.92 Å². The zero-order chi connectivity index (χ0) is 23.8. The third-order valence-corrected chi connectivity index (χ3v) is 6.05. The minimum Gasteiger partial charge on any atom is -0.492 e. The molecule has 0 unspecified atom stereocenters. The number of likely N-dealkylation sites (tertiary alicyclic amines) is 1. The molecule has 0 amide bonds. The Bertz CT molecular complexity index is 1150. The van der Waals surface area contributed by atoms with Gasteiger partial charge in [0.15, 0.2) is 0 Å². The number of hydrogen-bond donors (Lipinski definition) is 2. The van der Waals surface area contributed by atoms with Gasteiger partial charge in [0.05, 0.1) is 17.1 Å². The summed E-state index contributed by atoms with van der Waals surface area (Å²) in [6, 6.07) is 9.13. The van der Waals surface area contributed by atoms with Gasteiger partial charge in [-0.3, -0.25) is 0 Å². The molecular weight excluding hydrogens is 431 g/mol. The van der Waals surface area contributed by atoms with Crippen LogP contribution < -0.4 is 15.8 Å². The maximum Gasteiger partial charge on any atom is 0.416 e. The van der Waals surface area contributed by atoms with E-state index in [1.807, 2.05) is 18.2 Å². The van der Waals surface area contributed by atoms with Gasteiger partial charge in [0.25, 0.3) is 0 Å². The van der Waals surface area contributed by atoms with Crippen LogP contribution in [0.1, 0.15) is 42.8 Å². The van der Waals surface area contributed by atoms with E-state index < -0.39 is 17.8 Å². The molecule has 3 aromatic rings. The van der Waals surface area contributed by atoms with Crippen molar-refractivity contribution >= 4 is 22.4 Å². The van der Waals surface area contributed by atoms with E-state index in [9.17, 15) is 13.2 Å². The topological polar surface area (TPSA) is 76.3 Å². The number of nitrogens with zero attached hydrogens (tertiary/aromatic N) is 3. The lowest BCUT2D eigenvalue weighted by molar-refractivity contribution is -0.137. The van der Waals surface area contributed by atoms with Crippen LogP contribution in [0.2, 0.25) is 0 Å². The van der Waals surface area contributed by atoms with Crippen LogP contribution in [0.5, 0.6) is 5.75 Å². The molecule has 2 aromatic carbocycles. The molecule has 2 atom stereocenters. The highest BCUT2D eigenvalue weighted by atomic mass is 19.4. The molecule has 6 nitrogen and oxygen atoms in total. The lowest BCUT2D eigenvalue weighted by atomic mass is 10.0. The summed E-state index contributed by atoms with van der Waals surface area (Å²) in [5.41, 5.74) is 6.18. The second-order valence-corrected chi connectivity index (χ2v) is 8.64. The first-order valence-corrected chi connectivity index (χ1v) is 11.0. The standard InChI is InChI=1S/C24H28F3N5O/c1-14(16-9-17(24(25,26)27)11-18(28)10-16)29-23-21-12-20(6-7-22(21)30-15(2)31-23)33-13-19-5-4-8-32(19)3/h6-7,9-12,14,19H,4-5,8,13,28H2,1-3H3,(H,29,30,31)/t14-,19+/m1/s1. The molecule has 4 rings (SSSR count). The Kier molecular flexibility index (Phi) is 6.34. The van der Waals surface area contributed by atoms with Crippen LogP contribution in [0.3, 0.4) is 0 Å². The van der Waals surface area contributed by atoms with Crippen LogP contribution in [-0.4, -0.2) is 41.1 Å². The molecule has 0 spiro atoms. The number of aryl methyl sites for hydroxylation is 1. The number of aromatic nitrogens is 2. The van der Waals surface area contributed by atoms with Crippen molar-refractivity contribution in [3.63, 3.8) is 0 Å². The van der Waals surface area contributed by atoms with E-state index in [0.717, 1.165) is 36.0 Å². The van der Waals surface area contributed by atoms with E-state index in [0.29, 0.717) is 35.6 Å². The number of halogens is 3. The summed E-state index contributed by atoms with van der Waals surface area (Å²) in [5.74, 6) is 1.79. The van der Waals surface area contributed by atoms with Crippen molar-refractivity contribution in [1.29, 1.82) is 0 Å².